The molecule has 0 aromatic heterocycles. The number of carbonyl (C=O) groups is 1. The molecule has 1 amide bonds. The zero-order valence-electron chi connectivity index (χ0n) is 10.9. The fourth-order valence-corrected chi connectivity index (χ4v) is 1.85. The van der Waals surface area contributed by atoms with Crippen LogP contribution in [0.15, 0.2) is 42.5 Å². The Hall–Kier alpha value is -2.41. The first-order valence-electron chi connectivity index (χ1n) is 5.97. The van der Waals surface area contributed by atoms with Crippen LogP contribution in [0.4, 0.5) is 24.5 Å². The predicted molar refractivity (Wildman–Crippen MR) is 76.9 cm³/mol. The highest BCUT2D eigenvalue weighted by molar-refractivity contribution is 6.34. The van der Waals surface area contributed by atoms with Gasteiger partial charge in [-0.1, -0.05) is 17.7 Å². The van der Waals surface area contributed by atoms with E-state index in [9.17, 15) is 18.0 Å². The van der Waals surface area contributed by atoms with Crippen LogP contribution in [0.3, 0.4) is 0 Å². The zero-order valence-corrected chi connectivity index (χ0v) is 11.7. The Balaban J connectivity index is 2.11. The summed E-state index contributed by atoms with van der Waals surface area (Å²) >= 11 is 5.82. The van der Waals surface area contributed by atoms with Crippen molar-refractivity contribution in [1.82, 2.24) is 0 Å². The lowest BCUT2D eigenvalue weighted by Gasteiger charge is -2.11. The van der Waals surface area contributed by atoms with Crippen molar-refractivity contribution in [3.63, 3.8) is 0 Å². The van der Waals surface area contributed by atoms with Gasteiger partial charge in [-0.05, 0) is 36.4 Å². The molecule has 2 aromatic rings. The molecule has 3 N–H and O–H groups in total. The lowest BCUT2D eigenvalue weighted by molar-refractivity contribution is -0.274. The van der Waals surface area contributed by atoms with Crippen LogP contribution in [0.25, 0.3) is 0 Å². The smallest absolute Gasteiger partial charge is 0.406 e. The van der Waals surface area contributed by atoms with Gasteiger partial charge in [0, 0.05) is 5.69 Å². The van der Waals surface area contributed by atoms with Crippen molar-refractivity contribution in [3.05, 3.63) is 53.1 Å². The van der Waals surface area contributed by atoms with Crippen LogP contribution >= 0.6 is 11.6 Å². The van der Waals surface area contributed by atoms with Crippen molar-refractivity contribution in [2.75, 3.05) is 11.1 Å². The molecular weight excluding hydrogens is 321 g/mol. The molecule has 0 fully saturated rings. The number of anilines is 2. The quantitative estimate of drug-likeness (QED) is 0.834. The predicted octanol–water partition coefficient (Wildman–Crippen LogP) is 4.07. The van der Waals surface area contributed by atoms with Crippen LogP contribution in [-0.4, -0.2) is 12.3 Å². The second-order valence-electron chi connectivity index (χ2n) is 4.23. The highest BCUT2D eigenvalue weighted by Gasteiger charge is 2.30. The van der Waals surface area contributed by atoms with E-state index < -0.39 is 12.3 Å². The Kier molecular flexibility index (Phi) is 4.46. The molecule has 0 spiro atoms. The number of amides is 1. The van der Waals surface area contributed by atoms with Gasteiger partial charge in [-0.15, -0.1) is 13.2 Å². The van der Waals surface area contributed by atoms with Gasteiger partial charge in [-0.3, -0.25) is 4.79 Å². The summed E-state index contributed by atoms with van der Waals surface area (Å²) in [5.41, 5.74) is 6.28. The van der Waals surface area contributed by atoms with Gasteiger partial charge >= 0.3 is 6.36 Å². The fraction of sp³-hybridized carbons (Fsp3) is 0.0714. The van der Waals surface area contributed by atoms with E-state index in [4.69, 9.17) is 17.3 Å². The Morgan fingerprint density at radius 1 is 1.14 bits per heavy atom. The molecule has 0 aliphatic rings. The third-order valence-corrected chi connectivity index (χ3v) is 2.97. The van der Waals surface area contributed by atoms with E-state index in [1.165, 1.54) is 24.3 Å². The lowest BCUT2D eigenvalue weighted by atomic mass is 10.1. The Labute approximate surface area is 128 Å². The summed E-state index contributed by atoms with van der Waals surface area (Å²) in [6.07, 6.45) is -4.76. The summed E-state index contributed by atoms with van der Waals surface area (Å²) in [5.74, 6) is -0.905. The van der Waals surface area contributed by atoms with Crippen LogP contribution < -0.4 is 15.8 Å². The van der Waals surface area contributed by atoms with E-state index in [2.05, 4.69) is 10.1 Å². The maximum absolute atomic E-state index is 12.0. The minimum atomic E-state index is -4.76. The Morgan fingerprint density at radius 3 is 2.36 bits per heavy atom. The van der Waals surface area contributed by atoms with E-state index in [0.29, 0.717) is 5.69 Å². The van der Waals surface area contributed by atoms with Gasteiger partial charge in [0.2, 0.25) is 0 Å². The molecule has 4 nitrogen and oxygen atoms in total. The van der Waals surface area contributed by atoms with Crippen LogP contribution in [-0.2, 0) is 0 Å². The minimum absolute atomic E-state index is 0.124. The summed E-state index contributed by atoms with van der Waals surface area (Å²) in [7, 11) is 0. The van der Waals surface area contributed by atoms with Crippen molar-refractivity contribution in [3.8, 4) is 5.75 Å². The average molecular weight is 331 g/mol. The van der Waals surface area contributed by atoms with Crippen molar-refractivity contribution in [1.29, 1.82) is 0 Å². The lowest BCUT2D eigenvalue weighted by Crippen LogP contribution is -2.17. The van der Waals surface area contributed by atoms with Crippen LogP contribution in [0.5, 0.6) is 5.75 Å². The summed E-state index contributed by atoms with van der Waals surface area (Å²) in [4.78, 5) is 12.0. The molecule has 0 unspecified atom stereocenters. The van der Waals surface area contributed by atoms with Crippen molar-refractivity contribution in [2.45, 2.75) is 6.36 Å². The number of benzene rings is 2. The van der Waals surface area contributed by atoms with Gasteiger partial charge < -0.3 is 15.8 Å². The minimum Gasteiger partial charge on any atom is -0.406 e. The molecule has 0 saturated heterocycles. The monoisotopic (exact) mass is 330 g/mol. The van der Waals surface area contributed by atoms with Crippen molar-refractivity contribution < 1.29 is 22.7 Å². The molecule has 0 atom stereocenters. The fourth-order valence-electron chi connectivity index (χ4n) is 1.67. The van der Waals surface area contributed by atoms with Gasteiger partial charge in [0.25, 0.3) is 5.91 Å². The number of nitrogens with one attached hydrogen (secondary N) is 1. The topological polar surface area (TPSA) is 64.4 Å². The largest absolute Gasteiger partial charge is 0.573 e. The number of halogens is 4. The summed E-state index contributed by atoms with van der Waals surface area (Å²) in [5, 5.41) is 2.74. The standard InChI is InChI=1S/C14H10ClF3N2O2/c15-11-3-1-2-10(12(11)19)13(21)20-8-4-6-9(7-5-8)22-14(16,17)18/h1-7H,19H2,(H,20,21). The van der Waals surface area contributed by atoms with Gasteiger partial charge in [-0.2, -0.15) is 0 Å². The highest BCUT2D eigenvalue weighted by Crippen LogP contribution is 2.25. The first kappa shape index (κ1) is 16.0. The van der Waals surface area contributed by atoms with Crippen molar-refractivity contribution >= 4 is 28.9 Å². The van der Waals surface area contributed by atoms with E-state index in [0.717, 1.165) is 12.1 Å². The maximum atomic E-state index is 12.0. The first-order valence-corrected chi connectivity index (χ1v) is 6.35. The third kappa shape index (κ3) is 4.05. The highest BCUT2D eigenvalue weighted by atomic mass is 35.5. The molecule has 0 radical (unpaired) electrons. The van der Waals surface area contributed by atoms with E-state index in [1.54, 1.807) is 6.07 Å². The number of alkyl halides is 3. The van der Waals surface area contributed by atoms with Gasteiger partial charge in [0.1, 0.15) is 5.75 Å². The van der Waals surface area contributed by atoms with E-state index in [1.807, 2.05) is 0 Å². The van der Waals surface area contributed by atoms with Crippen molar-refractivity contribution in [2.24, 2.45) is 0 Å². The second kappa shape index (κ2) is 6.15. The molecule has 0 aliphatic heterocycles. The number of ether oxygens (including phenoxy) is 1. The molecule has 0 aliphatic carbocycles. The number of para-hydroxylation sites is 1. The molecule has 22 heavy (non-hydrogen) atoms. The number of nitrogens with two attached hydrogens (primary N) is 1. The molecule has 116 valence electrons. The average Bonchev–Trinajstić information content (AvgIpc) is 2.42. The van der Waals surface area contributed by atoms with Gasteiger partial charge in [-0.25, -0.2) is 0 Å². The third-order valence-electron chi connectivity index (χ3n) is 2.64. The van der Waals surface area contributed by atoms with Crippen LogP contribution in [0.2, 0.25) is 5.02 Å². The number of carbonyl (C=O) groups excluding carboxylic acids is 1. The molecule has 0 bridgehead atoms. The second-order valence-corrected chi connectivity index (χ2v) is 4.63. The Morgan fingerprint density at radius 2 is 1.77 bits per heavy atom. The van der Waals surface area contributed by atoms with Crippen LogP contribution in [0, 0.1) is 0 Å². The maximum Gasteiger partial charge on any atom is 0.573 e. The normalized spacial score (nSPS) is 11.1. The molecule has 0 saturated carbocycles. The van der Waals surface area contributed by atoms with E-state index in [-0.39, 0.29) is 22.0 Å². The summed E-state index contributed by atoms with van der Waals surface area (Å²) < 4.78 is 39.8. The summed E-state index contributed by atoms with van der Waals surface area (Å²) in [6.45, 7) is 0. The molecule has 0 heterocycles. The number of nitrogen functional groups attached to an aromatic ring is 1. The number of hydrogen-bond acceptors (Lipinski definition) is 3. The van der Waals surface area contributed by atoms with Gasteiger partial charge in [0.05, 0.1) is 16.3 Å². The molecular formula is C14H10ClF3N2O2. The Bertz CT molecular complexity index is 687. The van der Waals surface area contributed by atoms with E-state index >= 15 is 0 Å². The van der Waals surface area contributed by atoms with Crippen LogP contribution in [0.1, 0.15) is 10.4 Å². The number of hydrogen-bond donors (Lipinski definition) is 2. The summed E-state index contributed by atoms with van der Waals surface area (Å²) in [6, 6.07) is 9.32. The first-order chi connectivity index (χ1) is 10.3. The molecule has 2 rings (SSSR count). The SMILES string of the molecule is Nc1c(Cl)cccc1C(=O)Nc1ccc(OC(F)(F)F)cc1. The molecule has 8 heteroatoms. The molecule has 2 aromatic carbocycles. The zero-order chi connectivity index (χ0) is 16.3. The van der Waals surface area contributed by atoms with Gasteiger partial charge in [0.15, 0.2) is 0 Å². The number of rotatable bonds is 3.